The van der Waals surface area contributed by atoms with E-state index in [1.54, 1.807) is 0 Å². The maximum absolute atomic E-state index is 3.87. The molecule has 0 radical (unpaired) electrons. The van der Waals surface area contributed by atoms with Crippen LogP contribution in [0.25, 0.3) is 0 Å². The summed E-state index contributed by atoms with van der Waals surface area (Å²) in [6, 6.07) is 27.9. The van der Waals surface area contributed by atoms with Crippen molar-refractivity contribution in [3.8, 4) is 0 Å². The number of nitrogens with zero attached hydrogens (tertiary/aromatic N) is 5. The molecule has 0 atom stereocenters. The molecule has 5 nitrogen and oxygen atoms in total. The van der Waals surface area contributed by atoms with Gasteiger partial charge in [-0.15, -0.1) is 0 Å². The summed E-state index contributed by atoms with van der Waals surface area (Å²) in [5.41, 5.74) is 5.57. The topological polar surface area (TPSA) is 16.2 Å². The molecule has 0 fully saturated rings. The second kappa shape index (κ2) is 9.83. The third-order valence-electron chi connectivity index (χ3n) is 7.33. The molecule has 0 amide bonds. The Kier molecular flexibility index (Phi) is 6.68. The summed E-state index contributed by atoms with van der Waals surface area (Å²) in [7, 11) is 0.853. The van der Waals surface area contributed by atoms with Crippen LogP contribution in [-0.2, 0) is 17.6 Å². The van der Waals surface area contributed by atoms with Crippen molar-refractivity contribution < 1.29 is 17.6 Å². The van der Waals surface area contributed by atoms with Crippen LogP contribution in [0.15, 0.2) is 79.4 Å². The van der Waals surface area contributed by atoms with Crippen LogP contribution >= 0.6 is 0 Å². The molecule has 40 heavy (non-hydrogen) atoms. The van der Waals surface area contributed by atoms with Crippen LogP contribution in [0.2, 0.25) is 39.3 Å². The molecule has 0 saturated carbocycles. The normalized spacial score (nSPS) is 17.1. The molecule has 0 aromatic heterocycles. The standard InChI is InChI=1S/C32H37N5Si2.Pt/c1-33-18-20-35(24-33)26-12-9-14-28(22-26)37(29-15-10-13-27(23-29)36-21-19-34(2)25-36)32-30(38(3,4)5)16-11-17-31(32)39(6,7)8;/h9-21H,1-8H3;/q-2;. The van der Waals surface area contributed by atoms with Crippen LogP contribution in [0.3, 0.4) is 0 Å². The molecular weight excluding hydrogens is 706 g/mol. The molecule has 0 saturated heterocycles. The first-order valence-electron chi connectivity index (χ1n) is 13.7. The maximum atomic E-state index is 3.87. The zero-order valence-electron chi connectivity index (χ0n) is 24.6. The molecule has 3 heterocycles. The number of para-hydroxylation sites is 1. The van der Waals surface area contributed by atoms with Gasteiger partial charge in [-0.25, -0.2) is 0 Å². The van der Waals surface area contributed by atoms with Crippen molar-refractivity contribution in [1.29, 1.82) is 0 Å². The SMILES string of the molecule is CN1C=CN2[C]1=[Pt]=[C]1N(C)C=CN1c1[c-]c(ccc1)N(c1c([Si](C)(C)C)cccc1[Si](C)(C)C)c1[c-]c2ccc1. The Morgan fingerprint density at radius 1 is 0.550 bits per heavy atom. The van der Waals surface area contributed by atoms with Gasteiger partial charge in [-0.05, 0) is 0 Å². The Labute approximate surface area is 249 Å². The average Bonchev–Trinajstić information content (AvgIpc) is 3.45. The van der Waals surface area contributed by atoms with Crippen molar-refractivity contribution in [2.75, 3.05) is 28.8 Å². The summed E-state index contributed by atoms with van der Waals surface area (Å²) in [6.07, 6.45) is 8.69. The predicted molar refractivity (Wildman–Crippen MR) is 174 cm³/mol. The summed E-state index contributed by atoms with van der Waals surface area (Å²) >= 11 is -0.527. The first-order chi connectivity index (χ1) is 18.9. The van der Waals surface area contributed by atoms with Crippen LogP contribution in [0.4, 0.5) is 28.4 Å². The van der Waals surface area contributed by atoms with E-state index >= 15 is 0 Å². The Morgan fingerprint density at radius 2 is 0.950 bits per heavy atom. The Bertz CT molecular complexity index is 1510. The fourth-order valence-electron chi connectivity index (χ4n) is 5.29. The average molecular weight is 743 g/mol. The Balaban J connectivity index is 1.72. The molecule has 0 spiro atoms. The van der Waals surface area contributed by atoms with Gasteiger partial charge in [-0.1, -0.05) is 0 Å². The van der Waals surface area contributed by atoms with Gasteiger partial charge in [0.15, 0.2) is 0 Å². The number of benzene rings is 3. The minimum atomic E-state index is -1.72. The molecule has 210 valence electrons. The summed E-state index contributed by atoms with van der Waals surface area (Å²) in [5, 5.41) is 2.95. The number of anilines is 5. The van der Waals surface area contributed by atoms with Crippen molar-refractivity contribution in [2.45, 2.75) is 39.3 Å². The zero-order valence-corrected chi connectivity index (χ0v) is 28.8. The van der Waals surface area contributed by atoms with Gasteiger partial charge < -0.3 is 0 Å². The predicted octanol–water partition coefficient (Wildman–Crippen LogP) is 5.56. The Morgan fingerprint density at radius 3 is 1.38 bits per heavy atom. The van der Waals surface area contributed by atoms with Crippen LogP contribution in [-0.4, -0.2) is 48.3 Å². The second-order valence-electron chi connectivity index (χ2n) is 12.5. The van der Waals surface area contributed by atoms with E-state index in [1.165, 1.54) is 24.4 Å². The fraction of sp³-hybridized carbons (Fsp3) is 0.250. The molecule has 6 rings (SSSR count). The van der Waals surface area contributed by atoms with E-state index in [9.17, 15) is 0 Å². The number of fused-ring (bicyclic) bond motifs is 8. The van der Waals surface area contributed by atoms with Crippen molar-refractivity contribution in [3.05, 3.63) is 91.5 Å². The van der Waals surface area contributed by atoms with E-state index < -0.39 is 33.8 Å². The third-order valence-corrected chi connectivity index (χ3v) is 15.1. The van der Waals surface area contributed by atoms with Gasteiger partial charge in [-0.3, -0.25) is 0 Å². The van der Waals surface area contributed by atoms with Crippen molar-refractivity contribution in [1.82, 2.24) is 9.80 Å². The van der Waals surface area contributed by atoms with Gasteiger partial charge >= 0.3 is 250 Å². The number of hydrogen-bond acceptors (Lipinski definition) is 5. The van der Waals surface area contributed by atoms with Crippen molar-refractivity contribution >= 4 is 63.2 Å². The molecule has 3 aliphatic heterocycles. The van der Waals surface area contributed by atoms with Crippen LogP contribution < -0.4 is 25.1 Å². The Hall–Kier alpha value is -3.00. The molecule has 3 aliphatic rings. The minimum absolute atomic E-state index is 0.527. The number of hydrogen-bond donors (Lipinski definition) is 0. The quantitative estimate of drug-likeness (QED) is 0.258. The van der Waals surface area contributed by atoms with Crippen molar-refractivity contribution in [3.63, 3.8) is 0 Å². The second-order valence-corrected chi connectivity index (χ2v) is 25.2. The monoisotopic (exact) mass is 742 g/mol. The van der Waals surface area contributed by atoms with Gasteiger partial charge in [0.25, 0.3) is 0 Å². The van der Waals surface area contributed by atoms with Crippen LogP contribution in [0, 0.1) is 12.1 Å². The zero-order chi connectivity index (χ0) is 28.4. The molecule has 8 heteroatoms. The first-order valence-corrected chi connectivity index (χ1v) is 22.9. The summed E-state index contributed by atoms with van der Waals surface area (Å²) in [6.45, 7) is 14.7. The van der Waals surface area contributed by atoms with Gasteiger partial charge in [0, 0.05) is 0 Å². The van der Waals surface area contributed by atoms with E-state index in [0.29, 0.717) is 0 Å². The molecule has 0 N–H and O–H groups in total. The fourth-order valence-corrected chi connectivity index (χ4v) is 11.6. The van der Waals surface area contributed by atoms with E-state index in [1.807, 2.05) is 0 Å². The van der Waals surface area contributed by atoms with Gasteiger partial charge in [0.2, 0.25) is 0 Å². The van der Waals surface area contributed by atoms with Gasteiger partial charge in [0.05, 0.1) is 0 Å². The van der Waals surface area contributed by atoms with Crippen molar-refractivity contribution in [2.24, 2.45) is 0 Å². The first kappa shape index (κ1) is 27.2. The third kappa shape index (κ3) is 4.68. The molecule has 4 bridgehead atoms. The number of rotatable bonds is 3. The molecule has 3 aromatic carbocycles. The van der Waals surface area contributed by atoms with Gasteiger partial charge in [0.1, 0.15) is 0 Å². The molecular formula is C32H37N5PtSi2-2. The summed E-state index contributed by atoms with van der Waals surface area (Å²) in [5.74, 6) is 0. The van der Waals surface area contributed by atoms with E-state index in [4.69, 9.17) is 0 Å². The summed E-state index contributed by atoms with van der Waals surface area (Å²) in [4.78, 5) is 11.6. The molecule has 3 aromatic rings. The van der Waals surface area contributed by atoms with E-state index in [0.717, 1.165) is 22.7 Å². The van der Waals surface area contributed by atoms with E-state index in [2.05, 4.69) is 169 Å². The van der Waals surface area contributed by atoms with Crippen LogP contribution in [0.1, 0.15) is 0 Å². The molecule has 0 aliphatic carbocycles. The van der Waals surface area contributed by atoms with Crippen LogP contribution in [0.5, 0.6) is 0 Å². The van der Waals surface area contributed by atoms with Gasteiger partial charge in [-0.2, -0.15) is 0 Å². The summed E-state index contributed by atoms with van der Waals surface area (Å²) < 4.78 is 2.61. The molecule has 0 unspecified atom stereocenters. The van der Waals surface area contributed by atoms with E-state index in [-0.39, 0.29) is 0 Å².